The van der Waals surface area contributed by atoms with Crippen molar-refractivity contribution in [2.75, 3.05) is 13.2 Å². The van der Waals surface area contributed by atoms with Crippen LogP contribution >= 0.6 is 0 Å². The number of rotatable bonds is 11. The molecule has 0 saturated heterocycles. The zero-order chi connectivity index (χ0) is 24.5. The van der Waals surface area contributed by atoms with Gasteiger partial charge in [0, 0.05) is 35.5 Å². The van der Waals surface area contributed by atoms with E-state index in [9.17, 15) is 14.0 Å². The molecule has 0 radical (unpaired) electrons. The lowest BCUT2D eigenvalue weighted by molar-refractivity contribution is -0.131. The lowest BCUT2D eigenvalue weighted by Crippen LogP contribution is -2.13. The third-order valence-electron chi connectivity index (χ3n) is 4.53. The first-order valence-corrected chi connectivity index (χ1v) is 10.5. The van der Waals surface area contributed by atoms with Gasteiger partial charge in [-0.1, -0.05) is 19.2 Å². The second-order valence-corrected chi connectivity index (χ2v) is 7.38. The van der Waals surface area contributed by atoms with Crippen LogP contribution in [0.2, 0.25) is 0 Å². The number of carbonyl (C=O) groups excluding carboxylic acids is 2. The van der Waals surface area contributed by atoms with E-state index >= 15 is 0 Å². The first kappa shape index (κ1) is 26.0. The van der Waals surface area contributed by atoms with Crippen LogP contribution in [0, 0.1) is 5.82 Å². The van der Waals surface area contributed by atoms with Gasteiger partial charge in [-0.05, 0) is 63.1 Å². The van der Waals surface area contributed by atoms with Gasteiger partial charge in [-0.2, -0.15) is 0 Å². The lowest BCUT2D eigenvalue weighted by atomic mass is 9.98. The fraction of sp³-hybridized carbons (Fsp3) is 0.308. The van der Waals surface area contributed by atoms with E-state index in [2.05, 4.69) is 13.2 Å². The highest BCUT2D eigenvalue weighted by Gasteiger charge is 2.19. The molecule has 0 saturated carbocycles. The smallest absolute Gasteiger partial charge is 0.338 e. The molecule has 0 amide bonds. The Morgan fingerprint density at radius 3 is 1.79 bits per heavy atom. The fourth-order valence-corrected chi connectivity index (χ4v) is 2.82. The van der Waals surface area contributed by atoms with Gasteiger partial charge in [-0.15, -0.1) is 0 Å². The average molecular weight is 457 g/mol. The predicted octanol–water partition coefficient (Wildman–Crippen LogP) is 5.53. The molecular weight excluding hydrogens is 427 g/mol. The van der Waals surface area contributed by atoms with E-state index in [0.29, 0.717) is 41.2 Å². The summed E-state index contributed by atoms with van der Waals surface area (Å²) in [6.07, 6.45) is 0. The molecule has 0 unspecified atom stereocenters. The van der Waals surface area contributed by atoms with E-state index in [1.165, 1.54) is 19.1 Å². The highest BCUT2D eigenvalue weighted by atomic mass is 19.1. The van der Waals surface area contributed by atoms with Crippen molar-refractivity contribution in [2.24, 2.45) is 0 Å². The summed E-state index contributed by atoms with van der Waals surface area (Å²) in [7, 11) is 0. The predicted molar refractivity (Wildman–Crippen MR) is 123 cm³/mol. The molecule has 0 aliphatic carbocycles. The van der Waals surface area contributed by atoms with Crippen LogP contribution < -0.4 is 9.47 Å². The summed E-state index contributed by atoms with van der Waals surface area (Å²) in [4.78, 5) is 24.0. The number of benzene rings is 2. The van der Waals surface area contributed by atoms with Gasteiger partial charge in [0.15, 0.2) is 11.6 Å². The highest BCUT2D eigenvalue weighted by molar-refractivity contribution is 5.89. The lowest BCUT2D eigenvalue weighted by Gasteiger charge is -2.18. The number of esters is 2. The zero-order valence-corrected chi connectivity index (χ0v) is 19.5. The van der Waals surface area contributed by atoms with E-state index in [4.69, 9.17) is 18.9 Å². The van der Waals surface area contributed by atoms with E-state index < -0.39 is 17.8 Å². The van der Waals surface area contributed by atoms with Gasteiger partial charge in [-0.25, -0.2) is 14.0 Å². The van der Waals surface area contributed by atoms with E-state index in [1.54, 1.807) is 25.1 Å². The molecule has 7 heteroatoms. The molecule has 2 aromatic rings. The van der Waals surface area contributed by atoms with Crippen molar-refractivity contribution in [1.29, 1.82) is 0 Å². The number of hydrogen-bond donors (Lipinski definition) is 0. The van der Waals surface area contributed by atoms with Crippen LogP contribution in [0.3, 0.4) is 0 Å². The SMILES string of the molecule is C=C(C)C(=O)Oc1ccc(-c2cc(COCC)c(OC(=O)C(=C)C)c(COCC)c2)cc1F. The molecule has 176 valence electrons. The van der Waals surface area contributed by atoms with Crippen molar-refractivity contribution in [1.82, 2.24) is 0 Å². The second kappa shape index (κ2) is 12.1. The highest BCUT2D eigenvalue weighted by Crippen LogP contribution is 2.34. The summed E-state index contributed by atoms with van der Waals surface area (Å²) in [5, 5.41) is 0. The second-order valence-electron chi connectivity index (χ2n) is 7.38. The first-order valence-electron chi connectivity index (χ1n) is 10.5. The largest absolute Gasteiger partial charge is 0.422 e. The fourth-order valence-electron chi connectivity index (χ4n) is 2.82. The minimum atomic E-state index is -0.705. The monoisotopic (exact) mass is 456 g/mol. The Morgan fingerprint density at radius 2 is 1.33 bits per heavy atom. The average Bonchev–Trinajstić information content (AvgIpc) is 2.78. The molecule has 0 fully saturated rings. The molecule has 0 aromatic heterocycles. The molecule has 0 heterocycles. The number of carbonyl (C=O) groups is 2. The van der Waals surface area contributed by atoms with Crippen LogP contribution in [0.5, 0.6) is 11.5 Å². The summed E-state index contributed by atoms with van der Waals surface area (Å²) in [6.45, 7) is 15.1. The van der Waals surface area contributed by atoms with Crippen LogP contribution in [0.1, 0.15) is 38.8 Å². The Kier molecular flexibility index (Phi) is 9.51. The maximum Gasteiger partial charge on any atom is 0.338 e. The van der Waals surface area contributed by atoms with Crippen LogP contribution in [0.4, 0.5) is 4.39 Å². The van der Waals surface area contributed by atoms with Crippen molar-refractivity contribution in [2.45, 2.75) is 40.9 Å². The van der Waals surface area contributed by atoms with Crippen molar-refractivity contribution >= 4 is 11.9 Å². The van der Waals surface area contributed by atoms with E-state index in [-0.39, 0.29) is 30.1 Å². The minimum Gasteiger partial charge on any atom is -0.422 e. The van der Waals surface area contributed by atoms with Gasteiger partial charge in [-0.3, -0.25) is 0 Å². The van der Waals surface area contributed by atoms with Crippen LogP contribution in [0.15, 0.2) is 54.6 Å². The Morgan fingerprint density at radius 1 is 0.818 bits per heavy atom. The Bertz CT molecular complexity index is 1030. The normalized spacial score (nSPS) is 10.6. The van der Waals surface area contributed by atoms with E-state index in [1.807, 2.05) is 13.8 Å². The summed E-state index contributed by atoms with van der Waals surface area (Å²) in [5.74, 6) is -1.82. The van der Waals surface area contributed by atoms with Crippen LogP contribution in [-0.2, 0) is 32.3 Å². The quantitative estimate of drug-likeness (QED) is 0.252. The summed E-state index contributed by atoms with van der Waals surface area (Å²) >= 11 is 0. The van der Waals surface area contributed by atoms with Gasteiger partial charge in [0.25, 0.3) is 0 Å². The zero-order valence-electron chi connectivity index (χ0n) is 19.5. The maximum absolute atomic E-state index is 14.7. The van der Waals surface area contributed by atoms with Crippen LogP contribution in [0.25, 0.3) is 11.1 Å². The molecular formula is C26H29FO6. The number of halogens is 1. The summed E-state index contributed by atoms with van der Waals surface area (Å²) in [6, 6.07) is 7.81. The van der Waals surface area contributed by atoms with Gasteiger partial charge >= 0.3 is 11.9 Å². The van der Waals surface area contributed by atoms with Gasteiger partial charge in [0.1, 0.15) is 5.75 Å². The summed E-state index contributed by atoms with van der Waals surface area (Å²) in [5.41, 5.74) is 2.83. The molecule has 0 aliphatic heterocycles. The van der Waals surface area contributed by atoms with Crippen molar-refractivity contribution in [3.63, 3.8) is 0 Å². The molecule has 0 spiro atoms. The number of ether oxygens (including phenoxy) is 4. The molecule has 0 N–H and O–H groups in total. The van der Waals surface area contributed by atoms with E-state index in [0.717, 1.165) is 0 Å². The molecule has 0 atom stereocenters. The molecule has 0 bridgehead atoms. The van der Waals surface area contributed by atoms with Crippen molar-refractivity contribution < 1.29 is 32.9 Å². The topological polar surface area (TPSA) is 71.1 Å². The molecule has 2 rings (SSSR count). The standard InChI is InChI=1S/C26H29FO6/c1-7-30-14-20-11-19(12-21(15-31-8-2)24(20)33-26(29)17(5)6)18-9-10-23(22(27)13-18)32-25(28)16(3)4/h9-13H,3,5,7-8,14-15H2,1-2,4,6H3. The van der Waals surface area contributed by atoms with Crippen molar-refractivity contribution in [3.8, 4) is 22.6 Å². The first-order chi connectivity index (χ1) is 15.7. The van der Waals surface area contributed by atoms with Gasteiger partial charge in [0.05, 0.1) is 13.2 Å². The maximum atomic E-state index is 14.7. The molecule has 2 aromatic carbocycles. The molecule has 0 aliphatic rings. The third-order valence-corrected chi connectivity index (χ3v) is 4.53. The Balaban J connectivity index is 2.54. The van der Waals surface area contributed by atoms with Gasteiger partial charge in [0.2, 0.25) is 0 Å². The Labute approximate surface area is 193 Å². The third kappa shape index (κ3) is 7.10. The number of hydrogen-bond acceptors (Lipinski definition) is 6. The molecule has 6 nitrogen and oxygen atoms in total. The van der Waals surface area contributed by atoms with Crippen molar-refractivity contribution in [3.05, 3.63) is 71.6 Å². The van der Waals surface area contributed by atoms with Crippen LogP contribution in [-0.4, -0.2) is 25.2 Å². The minimum absolute atomic E-state index is 0.166. The van der Waals surface area contributed by atoms with Gasteiger partial charge < -0.3 is 18.9 Å². The Hall–Kier alpha value is -3.29. The molecule has 33 heavy (non-hydrogen) atoms. The summed E-state index contributed by atoms with van der Waals surface area (Å²) < 4.78 is 36.4.